The lowest BCUT2D eigenvalue weighted by Gasteiger charge is -2.03. The summed E-state index contributed by atoms with van der Waals surface area (Å²) in [5.74, 6) is 0.330. The zero-order valence-electron chi connectivity index (χ0n) is 13.8. The number of nitrogens with one attached hydrogen (secondary N) is 2. The molecular formula is C16H22ClFN4O2. The number of carbonyl (C=O) groups excluding carboxylic acids is 1. The first-order valence-corrected chi connectivity index (χ1v) is 7.60. The number of nitrogens with zero attached hydrogens (tertiary/aromatic N) is 2. The van der Waals surface area contributed by atoms with Crippen molar-refractivity contribution < 1.29 is 13.7 Å². The van der Waals surface area contributed by atoms with Crippen LogP contribution in [-0.2, 0) is 11.2 Å². The molecule has 0 aliphatic heterocycles. The summed E-state index contributed by atoms with van der Waals surface area (Å²) in [5.41, 5.74) is 1.12. The average molecular weight is 357 g/mol. The van der Waals surface area contributed by atoms with Gasteiger partial charge < -0.3 is 15.2 Å². The molecule has 8 heteroatoms. The van der Waals surface area contributed by atoms with Gasteiger partial charge in [-0.15, -0.1) is 12.4 Å². The van der Waals surface area contributed by atoms with Crippen molar-refractivity contribution >= 4 is 18.3 Å². The topological polar surface area (TPSA) is 80.0 Å². The minimum absolute atomic E-state index is 0. The molecule has 0 atom stereocenters. The van der Waals surface area contributed by atoms with Gasteiger partial charge in [-0.2, -0.15) is 4.98 Å². The second kappa shape index (κ2) is 10.00. The fourth-order valence-corrected chi connectivity index (χ4v) is 2.01. The Balaban J connectivity index is 0.00000288. The molecule has 2 aromatic rings. The number of aromatic nitrogens is 2. The third kappa shape index (κ3) is 5.90. The Hall–Kier alpha value is -1.99. The summed E-state index contributed by atoms with van der Waals surface area (Å²) in [5, 5.41) is 9.66. The number of aryl methyl sites for hydroxylation is 2. The van der Waals surface area contributed by atoms with E-state index in [1.807, 2.05) is 7.05 Å². The highest BCUT2D eigenvalue weighted by molar-refractivity contribution is 5.85. The van der Waals surface area contributed by atoms with E-state index in [9.17, 15) is 9.18 Å². The Morgan fingerprint density at radius 3 is 2.83 bits per heavy atom. The Morgan fingerprint density at radius 2 is 2.12 bits per heavy atom. The molecule has 132 valence electrons. The standard InChI is InChI=1S/C16H21FN4O2.ClH/c1-11-4-5-12(10-13(11)17)16-20-15(23-21-16)7-6-14(22)19-9-3-8-18-2;/h4-5,10,18H,3,6-9H2,1-2H3,(H,19,22);1H. The largest absolute Gasteiger partial charge is 0.356 e. The quantitative estimate of drug-likeness (QED) is 0.709. The van der Waals surface area contributed by atoms with Crippen molar-refractivity contribution in [3.8, 4) is 11.4 Å². The van der Waals surface area contributed by atoms with Crippen molar-refractivity contribution in [3.63, 3.8) is 0 Å². The van der Waals surface area contributed by atoms with Crippen LogP contribution < -0.4 is 10.6 Å². The maximum Gasteiger partial charge on any atom is 0.227 e. The minimum atomic E-state index is -0.310. The molecule has 0 unspecified atom stereocenters. The van der Waals surface area contributed by atoms with Crippen LogP contribution in [0.25, 0.3) is 11.4 Å². The molecule has 0 spiro atoms. The number of hydrogen-bond acceptors (Lipinski definition) is 5. The van der Waals surface area contributed by atoms with Gasteiger partial charge in [-0.25, -0.2) is 4.39 Å². The molecule has 1 amide bonds. The summed E-state index contributed by atoms with van der Waals surface area (Å²) in [7, 11) is 1.87. The Morgan fingerprint density at radius 1 is 1.33 bits per heavy atom. The number of amides is 1. The molecule has 0 aliphatic rings. The monoisotopic (exact) mass is 356 g/mol. The van der Waals surface area contributed by atoms with Crippen molar-refractivity contribution in [1.82, 2.24) is 20.8 Å². The average Bonchev–Trinajstić information content (AvgIpc) is 3.01. The van der Waals surface area contributed by atoms with E-state index in [1.165, 1.54) is 6.07 Å². The van der Waals surface area contributed by atoms with Gasteiger partial charge in [0.05, 0.1) is 0 Å². The number of benzene rings is 1. The van der Waals surface area contributed by atoms with Gasteiger partial charge in [0.15, 0.2) is 0 Å². The molecule has 1 aromatic heterocycles. The van der Waals surface area contributed by atoms with Crippen LogP contribution in [0.15, 0.2) is 22.7 Å². The molecule has 0 bridgehead atoms. The summed E-state index contributed by atoms with van der Waals surface area (Å²) < 4.78 is 18.7. The number of carbonyl (C=O) groups is 1. The van der Waals surface area contributed by atoms with Crippen LogP contribution >= 0.6 is 12.4 Å². The van der Waals surface area contributed by atoms with E-state index in [1.54, 1.807) is 19.1 Å². The molecule has 0 aliphatic carbocycles. The van der Waals surface area contributed by atoms with Gasteiger partial charge in [0.25, 0.3) is 0 Å². The Kier molecular flexibility index (Phi) is 8.35. The molecule has 2 N–H and O–H groups in total. The first-order chi connectivity index (χ1) is 11.1. The molecule has 1 aromatic carbocycles. The van der Waals surface area contributed by atoms with E-state index in [2.05, 4.69) is 20.8 Å². The van der Waals surface area contributed by atoms with E-state index in [4.69, 9.17) is 4.52 Å². The highest BCUT2D eigenvalue weighted by atomic mass is 35.5. The lowest BCUT2D eigenvalue weighted by molar-refractivity contribution is -0.121. The molecule has 0 radical (unpaired) electrons. The molecule has 24 heavy (non-hydrogen) atoms. The summed E-state index contributed by atoms with van der Waals surface area (Å²) in [6, 6.07) is 4.78. The van der Waals surface area contributed by atoms with Crippen molar-refractivity contribution in [1.29, 1.82) is 0 Å². The predicted molar refractivity (Wildman–Crippen MR) is 91.6 cm³/mol. The lowest BCUT2D eigenvalue weighted by Crippen LogP contribution is -2.26. The second-order valence-corrected chi connectivity index (χ2v) is 5.28. The predicted octanol–water partition coefficient (Wildman–Crippen LogP) is 2.26. The fourth-order valence-electron chi connectivity index (χ4n) is 2.01. The molecule has 0 saturated heterocycles. The summed E-state index contributed by atoms with van der Waals surface area (Å²) >= 11 is 0. The van der Waals surface area contributed by atoms with Crippen molar-refractivity contribution in [2.75, 3.05) is 20.1 Å². The Labute approximate surface area is 146 Å². The summed E-state index contributed by atoms with van der Waals surface area (Å²) in [6.07, 6.45) is 1.52. The van der Waals surface area contributed by atoms with Gasteiger partial charge in [-0.3, -0.25) is 4.79 Å². The van der Waals surface area contributed by atoms with Crippen LogP contribution in [0.3, 0.4) is 0 Å². The van der Waals surface area contributed by atoms with Crippen LogP contribution in [0.5, 0.6) is 0 Å². The van der Waals surface area contributed by atoms with Crippen LogP contribution in [0.2, 0.25) is 0 Å². The summed E-state index contributed by atoms with van der Waals surface area (Å²) in [6.45, 7) is 3.19. The molecule has 6 nitrogen and oxygen atoms in total. The van der Waals surface area contributed by atoms with Crippen molar-refractivity contribution in [2.45, 2.75) is 26.2 Å². The van der Waals surface area contributed by atoms with Gasteiger partial charge in [0.2, 0.25) is 17.6 Å². The molecule has 1 heterocycles. The summed E-state index contributed by atoms with van der Waals surface area (Å²) in [4.78, 5) is 15.9. The van der Waals surface area contributed by atoms with E-state index < -0.39 is 0 Å². The highest BCUT2D eigenvalue weighted by Crippen LogP contribution is 2.19. The van der Waals surface area contributed by atoms with Crippen molar-refractivity contribution in [3.05, 3.63) is 35.5 Å². The lowest BCUT2D eigenvalue weighted by atomic mass is 10.1. The third-order valence-corrected chi connectivity index (χ3v) is 3.39. The Bertz CT molecular complexity index is 663. The molecular weight excluding hydrogens is 335 g/mol. The smallest absolute Gasteiger partial charge is 0.227 e. The van der Waals surface area contributed by atoms with Crippen LogP contribution in [0, 0.1) is 12.7 Å². The van der Waals surface area contributed by atoms with Crippen LogP contribution in [-0.4, -0.2) is 36.2 Å². The first kappa shape index (κ1) is 20.1. The third-order valence-electron chi connectivity index (χ3n) is 3.39. The van der Waals surface area contributed by atoms with Crippen molar-refractivity contribution in [2.24, 2.45) is 0 Å². The zero-order chi connectivity index (χ0) is 16.7. The first-order valence-electron chi connectivity index (χ1n) is 7.60. The fraction of sp³-hybridized carbons (Fsp3) is 0.438. The van der Waals surface area contributed by atoms with Crippen LogP contribution in [0.1, 0.15) is 24.3 Å². The van der Waals surface area contributed by atoms with E-state index in [-0.39, 0.29) is 30.6 Å². The second-order valence-electron chi connectivity index (χ2n) is 5.28. The molecule has 0 saturated carbocycles. The van der Waals surface area contributed by atoms with Gasteiger partial charge in [-0.1, -0.05) is 17.3 Å². The SMILES string of the molecule is CNCCCNC(=O)CCc1nc(-c2ccc(C)c(F)c2)no1.Cl. The van der Waals surface area contributed by atoms with E-state index >= 15 is 0 Å². The van der Waals surface area contributed by atoms with Gasteiger partial charge >= 0.3 is 0 Å². The van der Waals surface area contributed by atoms with Gasteiger partial charge in [0, 0.05) is 24.9 Å². The van der Waals surface area contributed by atoms with Gasteiger partial charge in [0.1, 0.15) is 5.82 Å². The maximum atomic E-state index is 13.6. The number of rotatable bonds is 8. The van der Waals surface area contributed by atoms with E-state index in [0.717, 1.165) is 13.0 Å². The number of hydrogen-bond donors (Lipinski definition) is 2. The van der Waals surface area contributed by atoms with Gasteiger partial charge in [-0.05, 0) is 38.6 Å². The minimum Gasteiger partial charge on any atom is -0.356 e. The molecule has 2 rings (SSSR count). The number of halogens is 2. The van der Waals surface area contributed by atoms with Crippen LogP contribution in [0.4, 0.5) is 4.39 Å². The van der Waals surface area contributed by atoms with E-state index in [0.29, 0.717) is 35.8 Å². The highest BCUT2D eigenvalue weighted by Gasteiger charge is 2.11. The zero-order valence-corrected chi connectivity index (χ0v) is 14.6. The normalized spacial score (nSPS) is 10.3. The molecule has 0 fully saturated rings. The maximum absolute atomic E-state index is 13.6.